The molecule has 0 fully saturated rings. The fraction of sp³-hybridized carbons (Fsp3) is 0.188. The van der Waals surface area contributed by atoms with Gasteiger partial charge in [-0.05, 0) is 11.1 Å². The smallest absolute Gasteiger partial charge is 0.308 e. The Kier molecular flexibility index (Phi) is 3.29. The van der Waals surface area contributed by atoms with Crippen molar-refractivity contribution in [2.24, 2.45) is 10.2 Å². The summed E-state index contributed by atoms with van der Waals surface area (Å²) >= 11 is 0. The molecule has 3 rings (SSSR count). The summed E-state index contributed by atoms with van der Waals surface area (Å²) < 4.78 is 0. The number of carbonyl (C=O) groups is 1. The minimum atomic E-state index is -0.667. The Labute approximate surface area is 117 Å². The fourth-order valence-electron chi connectivity index (χ4n) is 2.48. The number of nitrogens with one attached hydrogen (secondary N) is 1. The van der Waals surface area contributed by atoms with E-state index in [0.29, 0.717) is 12.8 Å². The average molecular weight is 265 g/mol. The molecule has 0 radical (unpaired) electrons. The molecule has 2 aromatic rings. The first-order valence-corrected chi connectivity index (χ1v) is 6.59. The van der Waals surface area contributed by atoms with Gasteiger partial charge in [0, 0.05) is 12.8 Å². The van der Waals surface area contributed by atoms with Crippen molar-refractivity contribution in [3.05, 3.63) is 71.8 Å². The third-order valence-electron chi connectivity index (χ3n) is 3.35. The number of carbonyl (C=O) groups excluding carboxylic acids is 1. The van der Waals surface area contributed by atoms with Crippen molar-refractivity contribution in [1.82, 2.24) is 5.32 Å². The molecule has 100 valence electrons. The van der Waals surface area contributed by atoms with Gasteiger partial charge in [0.15, 0.2) is 5.66 Å². The molecule has 0 atom stereocenters. The van der Waals surface area contributed by atoms with Crippen LogP contribution in [0.25, 0.3) is 0 Å². The van der Waals surface area contributed by atoms with Crippen LogP contribution in [0.15, 0.2) is 70.9 Å². The van der Waals surface area contributed by atoms with Crippen molar-refractivity contribution in [3.8, 4) is 0 Å². The molecule has 20 heavy (non-hydrogen) atoms. The molecule has 0 spiro atoms. The van der Waals surface area contributed by atoms with E-state index in [4.69, 9.17) is 0 Å². The molecule has 0 aromatic heterocycles. The van der Waals surface area contributed by atoms with Gasteiger partial charge in [-0.3, -0.25) is 0 Å². The summed E-state index contributed by atoms with van der Waals surface area (Å²) in [5, 5.41) is 10.8. The molecule has 0 unspecified atom stereocenters. The summed E-state index contributed by atoms with van der Waals surface area (Å²) in [6.07, 6.45) is 1.27. The van der Waals surface area contributed by atoms with E-state index in [-0.39, 0.29) is 6.03 Å². The summed E-state index contributed by atoms with van der Waals surface area (Å²) in [5.41, 5.74) is 1.59. The molecular formula is C16H15N3O. The largest absolute Gasteiger partial charge is 0.361 e. The van der Waals surface area contributed by atoms with Gasteiger partial charge >= 0.3 is 6.03 Å². The van der Waals surface area contributed by atoms with E-state index in [0.717, 1.165) is 11.1 Å². The van der Waals surface area contributed by atoms with Crippen LogP contribution in [0.2, 0.25) is 0 Å². The van der Waals surface area contributed by atoms with Crippen LogP contribution in [0.3, 0.4) is 0 Å². The number of amides is 2. The van der Waals surface area contributed by atoms with Crippen LogP contribution in [0.1, 0.15) is 11.1 Å². The normalized spacial score (nSPS) is 16.1. The van der Waals surface area contributed by atoms with E-state index >= 15 is 0 Å². The molecule has 2 amide bonds. The van der Waals surface area contributed by atoms with E-state index in [1.165, 1.54) is 0 Å². The Morgan fingerprint density at radius 1 is 0.850 bits per heavy atom. The third kappa shape index (κ3) is 2.74. The second-order valence-electron chi connectivity index (χ2n) is 4.99. The van der Waals surface area contributed by atoms with Gasteiger partial charge in [-0.1, -0.05) is 65.8 Å². The first-order valence-electron chi connectivity index (χ1n) is 6.59. The lowest BCUT2D eigenvalue weighted by molar-refractivity contribution is 0.244. The molecule has 0 bridgehead atoms. The van der Waals surface area contributed by atoms with Gasteiger partial charge in [0.1, 0.15) is 0 Å². The minimum Gasteiger partial charge on any atom is -0.308 e. The third-order valence-corrected chi connectivity index (χ3v) is 3.35. The van der Waals surface area contributed by atoms with Gasteiger partial charge in [0.05, 0.1) is 0 Å². The van der Waals surface area contributed by atoms with Crippen molar-refractivity contribution in [3.63, 3.8) is 0 Å². The van der Waals surface area contributed by atoms with Crippen LogP contribution in [0, 0.1) is 0 Å². The van der Waals surface area contributed by atoms with Crippen LogP contribution < -0.4 is 5.32 Å². The number of hydrogen-bond donors (Lipinski definition) is 1. The van der Waals surface area contributed by atoms with Gasteiger partial charge in [0.2, 0.25) is 0 Å². The van der Waals surface area contributed by atoms with Gasteiger partial charge in [-0.2, -0.15) is 5.11 Å². The molecule has 1 aliphatic heterocycles. The predicted molar refractivity (Wildman–Crippen MR) is 76.4 cm³/mol. The lowest BCUT2D eigenvalue weighted by atomic mass is 9.93. The molecule has 1 aliphatic rings. The maximum Gasteiger partial charge on any atom is 0.361 e. The van der Waals surface area contributed by atoms with E-state index in [2.05, 4.69) is 15.5 Å². The molecule has 0 saturated carbocycles. The summed E-state index contributed by atoms with van der Waals surface area (Å²) in [4.78, 5) is 11.5. The highest BCUT2D eigenvalue weighted by Gasteiger charge is 2.36. The van der Waals surface area contributed by atoms with Crippen LogP contribution in [0.5, 0.6) is 0 Å². The second-order valence-corrected chi connectivity index (χ2v) is 4.99. The summed E-state index contributed by atoms with van der Waals surface area (Å²) in [6.45, 7) is 0. The molecule has 4 heteroatoms. The van der Waals surface area contributed by atoms with Gasteiger partial charge in [-0.25, -0.2) is 4.79 Å². The number of urea groups is 1. The Balaban J connectivity index is 1.86. The maximum atomic E-state index is 11.5. The van der Waals surface area contributed by atoms with E-state index in [1.807, 2.05) is 60.7 Å². The fourth-order valence-corrected chi connectivity index (χ4v) is 2.48. The Hall–Kier alpha value is -2.49. The number of hydrogen-bond acceptors (Lipinski definition) is 2. The second kappa shape index (κ2) is 5.25. The van der Waals surface area contributed by atoms with Crippen LogP contribution in [0.4, 0.5) is 4.79 Å². The lowest BCUT2D eigenvalue weighted by Crippen LogP contribution is -2.45. The summed E-state index contributed by atoms with van der Waals surface area (Å²) in [5.74, 6) is 0. The predicted octanol–water partition coefficient (Wildman–Crippen LogP) is 3.34. The maximum absolute atomic E-state index is 11.5. The van der Waals surface area contributed by atoms with Crippen LogP contribution in [-0.4, -0.2) is 11.7 Å². The number of azo groups is 1. The molecule has 1 heterocycles. The minimum absolute atomic E-state index is 0.364. The zero-order chi connectivity index (χ0) is 13.8. The Bertz CT molecular complexity index is 581. The zero-order valence-electron chi connectivity index (χ0n) is 11.0. The average Bonchev–Trinajstić information content (AvgIpc) is 2.82. The first kappa shape index (κ1) is 12.5. The van der Waals surface area contributed by atoms with Crippen LogP contribution >= 0.6 is 0 Å². The first-order chi connectivity index (χ1) is 9.76. The molecular weight excluding hydrogens is 250 g/mol. The van der Waals surface area contributed by atoms with E-state index in [9.17, 15) is 4.79 Å². The SMILES string of the molecule is O=C1N=NC(Cc2ccccc2)(Cc2ccccc2)N1. The summed E-state index contributed by atoms with van der Waals surface area (Å²) in [7, 11) is 0. The number of benzene rings is 2. The van der Waals surface area contributed by atoms with Crippen molar-refractivity contribution in [2.45, 2.75) is 18.5 Å². The van der Waals surface area contributed by atoms with Crippen molar-refractivity contribution in [2.75, 3.05) is 0 Å². The molecule has 0 saturated heterocycles. The molecule has 0 aliphatic carbocycles. The van der Waals surface area contributed by atoms with E-state index < -0.39 is 5.66 Å². The highest BCUT2D eigenvalue weighted by atomic mass is 16.2. The van der Waals surface area contributed by atoms with Crippen molar-refractivity contribution >= 4 is 6.03 Å². The quantitative estimate of drug-likeness (QED) is 0.905. The monoisotopic (exact) mass is 265 g/mol. The Morgan fingerprint density at radius 3 is 1.75 bits per heavy atom. The van der Waals surface area contributed by atoms with E-state index in [1.54, 1.807) is 0 Å². The highest BCUT2D eigenvalue weighted by molar-refractivity contribution is 5.77. The number of rotatable bonds is 4. The summed E-state index contributed by atoms with van der Waals surface area (Å²) in [6, 6.07) is 19.7. The van der Waals surface area contributed by atoms with Crippen molar-refractivity contribution in [1.29, 1.82) is 0 Å². The van der Waals surface area contributed by atoms with Crippen molar-refractivity contribution < 1.29 is 4.79 Å². The Morgan fingerprint density at radius 2 is 1.35 bits per heavy atom. The topological polar surface area (TPSA) is 53.8 Å². The molecule has 1 N–H and O–H groups in total. The highest BCUT2D eigenvalue weighted by Crippen LogP contribution is 2.24. The van der Waals surface area contributed by atoms with Gasteiger partial charge in [-0.15, -0.1) is 0 Å². The standard InChI is InChI=1S/C16H15N3O/c20-15-17-16(19-18-15,11-13-7-3-1-4-8-13)12-14-9-5-2-6-10-14/h1-10H,11-12H2,(H,17,20). The van der Waals surface area contributed by atoms with Gasteiger partial charge in [0.25, 0.3) is 0 Å². The lowest BCUT2D eigenvalue weighted by Gasteiger charge is -2.25. The molecule has 4 nitrogen and oxygen atoms in total. The van der Waals surface area contributed by atoms with Crippen LogP contribution in [-0.2, 0) is 12.8 Å². The number of nitrogens with zero attached hydrogens (tertiary/aromatic N) is 2. The van der Waals surface area contributed by atoms with Gasteiger partial charge < -0.3 is 5.32 Å². The zero-order valence-corrected chi connectivity index (χ0v) is 11.0. The molecule has 2 aromatic carbocycles.